The number of carbonyl (C=O) groups excluding carboxylic acids is 1. The van der Waals surface area contributed by atoms with Gasteiger partial charge in [0.2, 0.25) is 0 Å². The van der Waals surface area contributed by atoms with Gasteiger partial charge in [-0.25, -0.2) is 0 Å². The van der Waals surface area contributed by atoms with Gasteiger partial charge in [-0.1, -0.05) is 44.2 Å². The Morgan fingerprint density at radius 1 is 1.12 bits per heavy atom. The summed E-state index contributed by atoms with van der Waals surface area (Å²) in [6, 6.07) is 15.3. The van der Waals surface area contributed by atoms with Crippen molar-refractivity contribution in [3.05, 3.63) is 65.2 Å². The van der Waals surface area contributed by atoms with E-state index in [0.29, 0.717) is 31.2 Å². The number of carbonyl (C=O) groups is 1. The Bertz CT molecular complexity index is 642. The van der Waals surface area contributed by atoms with Gasteiger partial charge in [0.25, 0.3) is 5.91 Å². The van der Waals surface area contributed by atoms with Crippen LogP contribution in [0, 0.1) is 0 Å². The smallest absolute Gasteiger partial charge is 0.251 e. The second kappa shape index (κ2) is 9.96. The van der Waals surface area contributed by atoms with Crippen LogP contribution in [0.4, 0.5) is 0 Å². The summed E-state index contributed by atoms with van der Waals surface area (Å²) in [6.07, 6.45) is 0. The molecule has 0 radical (unpaired) electrons. The number of benzene rings is 2. The molecule has 0 saturated carbocycles. The molecule has 4 nitrogen and oxygen atoms in total. The van der Waals surface area contributed by atoms with Crippen LogP contribution >= 0.6 is 12.4 Å². The molecule has 24 heavy (non-hydrogen) atoms. The maximum atomic E-state index is 12.0. The Morgan fingerprint density at radius 3 is 2.42 bits per heavy atom. The average Bonchev–Trinajstić information content (AvgIpc) is 2.58. The van der Waals surface area contributed by atoms with E-state index in [2.05, 4.69) is 25.2 Å². The number of nitrogens with one attached hydrogen (secondary N) is 1. The number of amides is 1. The molecule has 0 aliphatic heterocycles. The fraction of sp³-hybridized carbons (Fsp3) is 0.316. The van der Waals surface area contributed by atoms with Crippen molar-refractivity contribution < 1.29 is 9.53 Å². The molecular weight excluding hydrogens is 324 g/mol. The van der Waals surface area contributed by atoms with Crippen molar-refractivity contribution in [1.82, 2.24) is 5.32 Å². The molecule has 0 saturated heterocycles. The molecule has 3 N–H and O–H groups in total. The summed E-state index contributed by atoms with van der Waals surface area (Å²) in [5.74, 6) is 1.18. The zero-order valence-corrected chi connectivity index (χ0v) is 14.9. The minimum Gasteiger partial charge on any atom is -0.491 e. The van der Waals surface area contributed by atoms with Crippen LogP contribution in [0.5, 0.6) is 5.75 Å². The Labute approximate surface area is 149 Å². The van der Waals surface area contributed by atoms with E-state index in [9.17, 15) is 4.79 Å². The molecule has 130 valence electrons. The molecule has 0 spiro atoms. The van der Waals surface area contributed by atoms with Crippen molar-refractivity contribution in [2.45, 2.75) is 26.3 Å². The number of para-hydroxylation sites is 1. The van der Waals surface area contributed by atoms with Crippen molar-refractivity contribution in [1.29, 1.82) is 0 Å². The first-order valence-corrected chi connectivity index (χ1v) is 7.90. The summed E-state index contributed by atoms with van der Waals surface area (Å²) in [5, 5.41) is 2.86. The lowest BCUT2D eigenvalue weighted by Crippen LogP contribution is -2.28. The number of hydrogen-bond acceptors (Lipinski definition) is 3. The van der Waals surface area contributed by atoms with Gasteiger partial charge in [0, 0.05) is 12.1 Å². The van der Waals surface area contributed by atoms with E-state index >= 15 is 0 Å². The molecule has 2 aromatic carbocycles. The number of halogens is 1. The molecular formula is C19H25ClN2O2. The Balaban J connectivity index is 0.00000288. The zero-order chi connectivity index (χ0) is 16.7. The number of ether oxygens (including phenoxy) is 1. The molecule has 0 bridgehead atoms. The first-order chi connectivity index (χ1) is 11.1. The van der Waals surface area contributed by atoms with Crippen molar-refractivity contribution in [3.8, 4) is 5.75 Å². The molecule has 0 fully saturated rings. The van der Waals surface area contributed by atoms with Crippen LogP contribution in [-0.2, 0) is 6.54 Å². The van der Waals surface area contributed by atoms with Gasteiger partial charge in [-0.05, 0) is 35.2 Å². The van der Waals surface area contributed by atoms with Crippen molar-refractivity contribution >= 4 is 18.3 Å². The largest absolute Gasteiger partial charge is 0.491 e. The molecule has 0 aromatic heterocycles. The van der Waals surface area contributed by atoms with E-state index in [1.54, 1.807) is 12.1 Å². The molecule has 5 heteroatoms. The Hall–Kier alpha value is -2.04. The summed E-state index contributed by atoms with van der Waals surface area (Å²) in [7, 11) is 0. The van der Waals surface area contributed by atoms with Gasteiger partial charge in [-0.2, -0.15) is 0 Å². The molecule has 0 atom stereocenters. The second-order valence-corrected chi connectivity index (χ2v) is 5.70. The molecule has 2 rings (SSSR count). The van der Waals surface area contributed by atoms with Crippen LogP contribution in [0.1, 0.15) is 41.3 Å². The van der Waals surface area contributed by atoms with Crippen molar-refractivity contribution in [3.63, 3.8) is 0 Å². The van der Waals surface area contributed by atoms with E-state index in [-0.39, 0.29) is 18.3 Å². The van der Waals surface area contributed by atoms with Crippen molar-refractivity contribution in [2.75, 3.05) is 13.2 Å². The fourth-order valence-corrected chi connectivity index (χ4v) is 2.31. The summed E-state index contributed by atoms with van der Waals surface area (Å²) >= 11 is 0. The minimum absolute atomic E-state index is 0. The predicted octanol–water partition coefficient (Wildman–Crippen LogP) is 3.50. The topological polar surface area (TPSA) is 64.3 Å². The van der Waals surface area contributed by atoms with Gasteiger partial charge in [-0.3, -0.25) is 4.79 Å². The maximum Gasteiger partial charge on any atom is 0.251 e. The van der Waals surface area contributed by atoms with Gasteiger partial charge in [0.1, 0.15) is 12.4 Å². The minimum atomic E-state index is -0.102. The Kier molecular flexibility index (Phi) is 8.30. The van der Waals surface area contributed by atoms with Crippen LogP contribution in [0.25, 0.3) is 0 Å². The number of rotatable bonds is 7. The second-order valence-electron chi connectivity index (χ2n) is 5.70. The Morgan fingerprint density at radius 2 is 1.79 bits per heavy atom. The first-order valence-electron chi connectivity index (χ1n) is 7.90. The highest BCUT2D eigenvalue weighted by atomic mass is 35.5. The zero-order valence-electron chi connectivity index (χ0n) is 14.1. The van der Waals surface area contributed by atoms with E-state index < -0.39 is 0 Å². The highest BCUT2D eigenvalue weighted by Gasteiger charge is 2.07. The van der Waals surface area contributed by atoms with Crippen LogP contribution in [0.3, 0.4) is 0 Å². The van der Waals surface area contributed by atoms with Crippen LogP contribution in [-0.4, -0.2) is 19.1 Å². The van der Waals surface area contributed by atoms with E-state index in [4.69, 9.17) is 10.5 Å². The highest BCUT2D eigenvalue weighted by Crippen LogP contribution is 2.25. The molecule has 0 aliphatic rings. The van der Waals surface area contributed by atoms with Crippen LogP contribution in [0.2, 0.25) is 0 Å². The summed E-state index contributed by atoms with van der Waals surface area (Å²) < 4.78 is 5.79. The van der Waals surface area contributed by atoms with E-state index in [1.807, 2.05) is 30.3 Å². The van der Waals surface area contributed by atoms with E-state index in [0.717, 1.165) is 11.3 Å². The lowest BCUT2D eigenvalue weighted by Gasteiger charge is -2.14. The highest BCUT2D eigenvalue weighted by molar-refractivity contribution is 5.94. The summed E-state index contributed by atoms with van der Waals surface area (Å²) in [6.45, 7) is 5.65. The van der Waals surface area contributed by atoms with E-state index in [1.165, 1.54) is 5.56 Å². The molecule has 0 heterocycles. The van der Waals surface area contributed by atoms with Gasteiger partial charge < -0.3 is 15.8 Å². The fourth-order valence-electron chi connectivity index (χ4n) is 2.31. The summed E-state index contributed by atoms with van der Waals surface area (Å²) in [5.41, 5.74) is 8.36. The summed E-state index contributed by atoms with van der Waals surface area (Å²) in [4.78, 5) is 12.0. The quantitative estimate of drug-likeness (QED) is 0.753. The van der Waals surface area contributed by atoms with Gasteiger partial charge >= 0.3 is 0 Å². The van der Waals surface area contributed by atoms with Gasteiger partial charge in [0.05, 0.1) is 6.54 Å². The van der Waals surface area contributed by atoms with Gasteiger partial charge in [0.15, 0.2) is 0 Å². The lowest BCUT2D eigenvalue weighted by molar-refractivity contribution is 0.0947. The third-order valence-electron chi connectivity index (χ3n) is 3.64. The van der Waals surface area contributed by atoms with Crippen molar-refractivity contribution in [2.24, 2.45) is 5.73 Å². The monoisotopic (exact) mass is 348 g/mol. The molecule has 2 aromatic rings. The normalized spacial score (nSPS) is 10.2. The first kappa shape index (κ1) is 20.0. The number of hydrogen-bond donors (Lipinski definition) is 2. The third kappa shape index (κ3) is 5.55. The lowest BCUT2D eigenvalue weighted by atomic mass is 10.0. The van der Waals surface area contributed by atoms with Crippen LogP contribution < -0.4 is 15.8 Å². The molecule has 0 aliphatic carbocycles. The average molecular weight is 349 g/mol. The molecule has 0 unspecified atom stereocenters. The SMILES string of the molecule is CC(C)c1ccccc1OCCNC(=O)c1ccc(CN)cc1.Cl. The maximum absolute atomic E-state index is 12.0. The van der Waals surface area contributed by atoms with Gasteiger partial charge in [-0.15, -0.1) is 12.4 Å². The number of nitrogens with two attached hydrogens (primary N) is 1. The predicted molar refractivity (Wildman–Crippen MR) is 99.9 cm³/mol. The standard InChI is InChI=1S/C19H24N2O2.ClH/c1-14(2)17-5-3-4-6-18(17)23-12-11-21-19(22)16-9-7-15(13-20)8-10-16;/h3-10,14H,11-13,20H2,1-2H3,(H,21,22);1H. The third-order valence-corrected chi connectivity index (χ3v) is 3.64. The van der Waals surface area contributed by atoms with Crippen LogP contribution in [0.15, 0.2) is 48.5 Å². The molecule has 1 amide bonds.